The maximum absolute atomic E-state index is 13.2. The maximum Gasteiger partial charge on any atom is 0.258 e. The summed E-state index contributed by atoms with van der Waals surface area (Å²) >= 11 is 0. The fraction of sp³-hybridized carbons (Fsp3) is 0.259. The smallest absolute Gasteiger partial charge is 0.258 e. The molecule has 3 aromatic rings. The van der Waals surface area contributed by atoms with E-state index in [1.54, 1.807) is 31.4 Å². The van der Waals surface area contributed by atoms with Gasteiger partial charge in [0.05, 0.1) is 13.5 Å². The molecular weight excluding hydrogens is 400 g/mol. The monoisotopic (exact) mass is 428 g/mol. The van der Waals surface area contributed by atoms with E-state index in [9.17, 15) is 9.59 Å². The van der Waals surface area contributed by atoms with Crippen molar-refractivity contribution >= 4 is 17.5 Å². The molecule has 0 unspecified atom stereocenters. The van der Waals surface area contributed by atoms with Crippen LogP contribution < -0.4 is 15.0 Å². The van der Waals surface area contributed by atoms with Crippen molar-refractivity contribution < 1.29 is 14.3 Å². The molecule has 0 radical (unpaired) electrons. The van der Waals surface area contributed by atoms with E-state index < -0.39 is 0 Å². The van der Waals surface area contributed by atoms with E-state index in [0.29, 0.717) is 18.5 Å². The number of nitrogens with one attached hydrogen (secondary N) is 1. The average molecular weight is 429 g/mol. The summed E-state index contributed by atoms with van der Waals surface area (Å²) in [6.45, 7) is 4.52. The number of hydrogen-bond acceptors (Lipinski definition) is 3. The van der Waals surface area contributed by atoms with E-state index in [-0.39, 0.29) is 17.9 Å². The summed E-state index contributed by atoms with van der Waals surface area (Å²) in [4.78, 5) is 27.5. The standard InChI is InChI=1S/C27H28N2O3/c1-18-4-6-20(7-5-18)16-26(30)28-17-21-8-9-23-14-19(2)29(25(23)15-21)27(31)22-10-12-24(32-3)13-11-22/h4-13,15,19H,14,16-17H2,1-3H3,(H,28,30)/t19-/m1/s1. The van der Waals surface area contributed by atoms with E-state index >= 15 is 0 Å². The summed E-state index contributed by atoms with van der Waals surface area (Å²) in [7, 11) is 1.61. The molecule has 164 valence electrons. The summed E-state index contributed by atoms with van der Waals surface area (Å²) in [5.41, 5.74) is 5.84. The van der Waals surface area contributed by atoms with Gasteiger partial charge in [0.2, 0.25) is 5.91 Å². The second-order valence-corrected chi connectivity index (χ2v) is 8.36. The normalized spacial score (nSPS) is 14.7. The van der Waals surface area contributed by atoms with Crippen LogP contribution in [0.25, 0.3) is 0 Å². The minimum atomic E-state index is -0.0283. The topological polar surface area (TPSA) is 58.6 Å². The highest BCUT2D eigenvalue weighted by atomic mass is 16.5. The van der Waals surface area contributed by atoms with Crippen LogP contribution in [-0.2, 0) is 24.2 Å². The lowest BCUT2D eigenvalue weighted by Gasteiger charge is -2.23. The van der Waals surface area contributed by atoms with Crippen molar-refractivity contribution in [3.63, 3.8) is 0 Å². The van der Waals surface area contributed by atoms with Gasteiger partial charge in [0.15, 0.2) is 0 Å². The highest BCUT2D eigenvalue weighted by Crippen LogP contribution is 2.34. The Kier molecular flexibility index (Phi) is 6.26. The number of fused-ring (bicyclic) bond motifs is 1. The molecule has 1 atom stereocenters. The number of aryl methyl sites for hydroxylation is 1. The number of nitrogens with zero attached hydrogens (tertiary/aromatic N) is 1. The summed E-state index contributed by atoms with van der Waals surface area (Å²) in [5, 5.41) is 3.00. The third kappa shape index (κ3) is 4.67. The van der Waals surface area contributed by atoms with Crippen LogP contribution in [0.5, 0.6) is 5.75 Å². The van der Waals surface area contributed by atoms with Crippen LogP contribution in [0, 0.1) is 6.92 Å². The Morgan fingerprint density at radius 3 is 2.38 bits per heavy atom. The highest BCUT2D eigenvalue weighted by molar-refractivity contribution is 6.07. The molecule has 3 aromatic carbocycles. The predicted molar refractivity (Wildman–Crippen MR) is 126 cm³/mol. The Bertz CT molecular complexity index is 1120. The van der Waals surface area contributed by atoms with E-state index in [2.05, 4.69) is 18.3 Å². The van der Waals surface area contributed by atoms with Crippen molar-refractivity contribution in [2.24, 2.45) is 0 Å². The zero-order valence-electron chi connectivity index (χ0n) is 18.7. The first kappa shape index (κ1) is 21.6. The second kappa shape index (κ2) is 9.27. The van der Waals surface area contributed by atoms with Gasteiger partial charge in [-0.05, 0) is 67.3 Å². The van der Waals surface area contributed by atoms with Crippen LogP contribution in [0.2, 0.25) is 0 Å². The predicted octanol–water partition coefficient (Wildman–Crippen LogP) is 4.45. The van der Waals surface area contributed by atoms with Crippen LogP contribution in [-0.4, -0.2) is 25.0 Å². The largest absolute Gasteiger partial charge is 0.497 e. The maximum atomic E-state index is 13.2. The van der Waals surface area contributed by atoms with E-state index in [1.807, 2.05) is 48.2 Å². The fourth-order valence-corrected chi connectivity index (χ4v) is 4.10. The Morgan fingerprint density at radius 2 is 1.69 bits per heavy atom. The average Bonchev–Trinajstić information content (AvgIpc) is 3.13. The van der Waals surface area contributed by atoms with E-state index in [0.717, 1.165) is 34.5 Å². The summed E-state index contributed by atoms with van der Waals surface area (Å²) in [6, 6.07) is 21.4. The molecule has 0 saturated heterocycles. The Hall–Kier alpha value is -3.60. The number of carbonyl (C=O) groups is 2. The van der Waals surface area contributed by atoms with Crippen LogP contribution >= 0.6 is 0 Å². The molecule has 0 fully saturated rings. The minimum absolute atomic E-state index is 0.0196. The third-order valence-corrected chi connectivity index (χ3v) is 5.90. The van der Waals surface area contributed by atoms with Crippen LogP contribution in [0.4, 0.5) is 5.69 Å². The molecule has 32 heavy (non-hydrogen) atoms. The van der Waals surface area contributed by atoms with Crippen molar-refractivity contribution in [3.8, 4) is 5.75 Å². The van der Waals surface area contributed by atoms with Gasteiger partial charge in [0, 0.05) is 23.8 Å². The molecule has 1 heterocycles. The van der Waals surface area contributed by atoms with Gasteiger partial charge in [0.25, 0.3) is 5.91 Å². The lowest BCUT2D eigenvalue weighted by Crippen LogP contribution is -2.35. The van der Waals surface area contributed by atoms with Gasteiger partial charge in [-0.25, -0.2) is 0 Å². The first-order chi connectivity index (χ1) is 15.4. The van der Waals surface area contributed by atoms with Crippen LogP contribution in [0.1, 0.15) is 39.5 Å². The number of benzene rings is 3. The summed E-state index contributed by atoms with van der Waals surface area (Å²) in [6.07, 6.45) is 1.17. The van der Waals surface area contributed by atoms with Gasteiger partial charge in [-0.1, -0.05) is 42.0 Å². The van der Waals surface area contributed by atoms with Gasteiger partial charge in [-0.2, -0.15) is 0 Å². The molecule has 0 saturated carbocycles. The van der Waals surface area contributed by atoms with E-state index in [1.165, 1.54) is 5.56 Å². The number of amides is 2. The lowest BCUT2D eigenvalue weighted by molar-refractivity contribution is -0.120. The fourth-order valence-electron chi connectivity index (χ4n) is 4.10. The van der Waals surface area contributed by atoms with Crippen LogP contribution in [0.15, 0.2) is 66.7 Å². The quantitative estimate of drug-likeness (QED) is 0.631. The highest BCUT2D eigenvalue weighted by Gasteiger charge is 2.31. The molecule has 0 aromatic heterocycles. The number of rotatable bonds is 6. The van der Waals surface area contributed by atoms with Gasteiger partial charge in [-0.3, -0.25) is 9.59 Å². The summed E-state index contributed by atoms with van der Waals surface area (Å²) in [5.74, 6) is 0.674. The molecule has 5 heteroatoms. The molecule has 4 rings (SSSR count). The van der Waals surface area contributed by atoms with Gasteiger partial charge >= 0.3 is 0 Å². The number of ether oxygens (including phenoxy) is 1. The van der Waals surface area contributed by atoms with Crippen molar-refractivity contribution in [3.05, 3.63) is 94.5 Å². The first-order valence-corrected chi connectivity index (χ1v) is 10.9. The molecule has 0 bridgehead atoms. The molecule has 1 aliphatic heterocycles. The molecule has 2 amide bonds. The Labute approximate surface area is 189 Å². The molecule has 1 aliphatic rings. The van der Waals surface area contributed by atoms with E-state index in [4.69, 9.17) is 4.74 Å². The molecular formula is C27H28N2O3. The first-order valence-electron chi connectivity index (χ1n) is 10.9. The van der Waals surface area contributed by atoms with Gasteiger partial charge < -0.3 is 15.0 Å². The lowest BCUT2D eigenvalue weighted by atomic mass is 10.1. The Balaban J connectivity index is 1.45. The third-order valence-electron chi connectivity index (χ3n) is 5.90. The number of anilines is 1. The van der Waals surface area contributed by atoms with Crippen molar-refractivity contribution in [1.82, 2.24) is 5.32 Å². The molecule has 0 spiro atoms. The van der Waals surface area contributed by atoms with Gasteiger partial charge in [-0.15, -0.1) is 0 Å². The molecule has 5 nitrogen and oxygen atoms in total. The zero-order chi connectivity index (χ0) is 22.7. The van der Waals surface area contributed by atoms with Crippen LogP contribution in [0.3, 0.4) is 0 Å². The second-order valence-electron chi connectivity index (χ2n) is 8.36. The van der Waals surface area contributed by atoms with Crippen molar-refractivity contribution in [1.29, 1.82) is 0 Å². The van der Waals surface area contributed by atoms with Crippen molar-refractivity contribution in [2.75, 3.05) is 12.0 Å². The van der Waals surface area contributed by atoms with Gasteiger partial charge in [0.1, 0.15) is 5.75 Å². The molecule has 1 N–H and O–H groups in total. The molecule has 0 aliphatic carbocycles. The zero-order valence-corrected chi connectivity index (χ0v) is 18.7. The minimum Gasteiger partial charge on any atom is -0.497 e. The van der Waals surface area contributed by atoms with Crippen molar-refractivity contribution in [2.45, 2.75) is 39.3 Å². The Morgan fingerprint density at radius 1 is 1.00 bits per heavy atom. The number of methoxy groups -OCH3 is 1. The SMILES string of the molecule is COc1ccc(C(=O)N2c3cc(CNC(=O)Cc4ccc(C)cc4)ccc3C[C@H]2C)cc1. The summed E-state index contributed by atoms with van der Waals surface area (Å²) < 4.78 is 5.20. The number of hydrogen-bond donors (Lipinski definition) is 1. The number of carbonyl (C=O) groups excluding carboxylic acids is 2.